The van der Waals surface area contributed by atoms with Gasteiger partial charge in [0, 0.05) is 0 Å². The average molecular weight is 351 g/mol. The van der Waals surface area contributed by atoms with Gasteiger partial charge in [-0.1, -0.05) is 17.7 Å². The fourth-order valence-corrected chi connectivity index (χ4v) is 1.37. The molecule has 0 aliphatic heterocycles. The summed E-state index contributed by atoms with van der Waals surface area (Å²) in [7, 11) is 0. The van der Waals surface area contributed by atoms with Gasteiger partial charge < -0.3 is 10.6 Å². The number of aliphatic imine (C=N–C) groups is 1. The lowest BCUT2D eigenvalue weighted by Crippen LogP contribution is -2.35. The number of carbonyl (C=O) groups is 1. The molecule has 2 rings (SSSR count). The Morgan fingerprint density at radius 3 is 2.70 bits per heavy atom. The summed E-state index contributed by atoms with van der Waals surface area (Å²) < 4.78 is 40.7. The van der Waals surface area contributed by atoms with Gasteiger partial charge in [-0.05, 0) is 22.4 Å². The molecule has 0 amide bonds. The first-order valence-electron chi connectivity index (χ1n) is 5.61. The molecule has 0 aliphatic rings. The van der Waals surface area contributed by atoms with Crippen LogP contribution >= 0.6 is 11.6 Å². The molecule has 0 aromatic carbocycles. The third-order valence-electron chi connectivity index (χ3n) is 2.14. The minimum absolute atomic E-state index is 0.0227. The maximum Gasteiger partial charge on any atom is 0.493 e. The van der Waals surface area contributed by atoms with E-state index < -0.39 is 18.0 Å². The average Bonchev–Trinajstić information content (AvgIpc) is 2.88. The van der Waals surface area contributed by atoms with Gasteiger partial charge in [-0.25, -0.2) is 19.4 Å². The van der Waals surface area contributed by atoms with Gasteiger partial charge in [0.2, 0.25) is 0 Å². The summed E-state index contributed by atoms with van der Waals surface area (Å²) in [6.07, 6.45) is -5.21. The molecule has 3 N–H and O–H groups in total. The summed E-state index contributed by atoms with van der Waals surface area (Å²) in [6, 6.07) is 4.31. The number of halogens is 4. The molecule has 0 fully saturated rings. The lowest BCUT2D eigenvalue weighted by Gasteiger charge is -2.09. The number of nitrogens with one attached hydrogen (secondary N) is 1. The van der Waals surface area contributed by atoms with Gasteiger partial charge in [0.25, 0.3) is 0 Å². The van der Waals surface area contributed by atoms with Crippen LogP contribution in [0.25, 0.3) is 0 Å². The third-order valence-corrected chi connectivity index (χ3v) is 2.35. The number of hydrogen-bond acceptors (Lipinski definition) is 8. The van der Waals surface area contributed by atoms with Crippen molar-refractivity contribution in [2.75, 3.05) is 5.73 Å². The third kappa shape index (κ3) is 4.29. The number of rotatable bonds is 2. The molecule has 9 nitrogen and oxygen atoms in total. The predicted octanol–water partition coefficient (Wildman–Crippen LogP) is 1.39. The number of hydroxylamine groups is 1. The van der Waals surface area contributed by atoms with Crippen LogP contribution in [0.1, 0.15) is 5.69 Å². The number of aromatic nitrogens is 3. The second-order valence-corrected chi connectivity index (χ2v) is 4.15. The van der Waals surface area contributed by atoms with Crippen molar-refractivity contribution < 1.29 is 27.4 Å². The number of carbonyl (C=O) groups excluding carboxylic acids is 1. The van der Waals surface area contributed by atoms with E-state index in [1.165, 1.54) is 18.2 Å². The van der Waals surface area contributed by atoms with E-state index in [4.69, 9.17) is 17.3 Å². The van der Waals surface area contributed by atoms with Crippen molar-refractivity contribution >= 4 is 35.0 Å². The van der Waals surface area contributed by atoms with Crippen molar-refractivity contribution in [1.29, 1.82) is 0 Å². The zero-order valence-electron chi connectivity index (χ0n) is 10.8. The Morgan fingerprint density at radius 2 is 2.13 bits per heavy atom. The van der Waals surface area contributed by atoms with Crippen LogP contribution in [-0.4, -0.2) is 33.3 Å². The minimum Gasteiger partial charge on any atom is -0.379 e. The van der Waals surface area contributed by atoms with Crippen molar-refractivity contribution in [1.82, 2.24) is 20.8 Å². The van der Waals surface area contributed by atoms with Gasteiger partial charge in [-0.15, -0.1) is 0 Å². The van der Waals surface area contributed by atoms with Gasteiger partial charge in [-0.2, -0.15) is 18.7 Å². The molecule has 0 aliphatic carbocycles. The summed E-state index contributed by atoms with van der Waals surface area (Å²) in [6.45, 7) is 0. The van der Waals surface area contributed by atoms with E-state index in [9.17, 15) is 18.0 Å². The van der Waals surface area contributed by atoms with Crippen LogP contribution in [0.15, 0.2) is 27.8 Å². The summed E-state index contributed by atoms with van der Waals surface area (Å²) in [5.41, 5.74) is 6.82. The van der Waals surface area contributed by atoms with E-state index in [2.05, 4.69) is 29.8 Å². The van der Waals surface area contributed by atoms with Crippen molar-refractivity contribution in [3.05, 3.63) is 29.0 Å². The Morgan fingerprint density at radius 1 is 1.39 bits per heavy atom. The molecule has 2 heterocycles. The Kier molecular flexibility index (Phi) is 4.64. The van der Waals surface area contributed by atoms with Crippen LogP contribution in [0.2, 0.25) is 5.15 Å². The number of anilines is 1. The van der Waals surface area contributed by atoms with Crippen molar-refractivity contribution in [2.45, 2.75) is 6.18 Å². The van der Waals surface area contributed by atoms with Gasteiger partial charge in [0.05, 0.1) is 0 Å². The largest absolute Gasteiger partial charge is 0.493 e. The number of nitrogens with zero attached hydrogens (tertiary/aromatic N) is 4. The van der Waals surface area contributed by atoms with Crippen LogP contribution in [0.5, 0.6) is 0 Å². The Bertz CT molecular complexity index is 747. The van der Waals surface area contributed by atoms with E-state index in [0.29, 0.717) is 0 Å². The molecule has 0 spiro atoms. The first-order chi connectivity index (χ1) is 10.8. The number of nitrogens with two attached hydrogens (primary N) is 1. The van der Waals surface area contributed by atoms with Gasteiger partial charge >= 0.3 is 12.1 Å². The van der Waals surface area contributed by atoms with Crippen LogP contribution < -0.4 is 11.2 Å². The van der Waals surface area contributed by atoms with Crippen LogP contribution in [0, 0.1) is 0 Å². The highest BCUT2D eigenvalue weighted by Gasteiger charge is 2.42. The summed E-state index contributed by atoms with van der Waals surface area (Å²) in [5, 5.41) is 6.64. The predicted molar refractivity (Wildman–Crippen MR) is 69.4 cm³/mol. The summed E-state index contributed by atoms with van der Waals surface area (Å²) in [4.78, 5) is 22.2. The highest BCUT2D eigenvalue weighted by Crippen LogP contribution is 2.17. The molecular weight excluding hydrogens is 345 g/mol. The molecule has 23 heavy (non-hydrogen) atoms. The summed E-state index contributed by atoms with van der Waals surface area (Å²) in [5.74, 6) is -3.32. The first-order valence-corrected chi connectivity index (χ1v) is 5.99. The van der Waals surface area contributed by atoms with E-state index in [-0.39, 0.29) is 22.5 Å². The molecular formula is C10H6ClF3N6O3. The molecule has 2 aromatic heterocycles. The molecule has 2 aromatic rings. The quantitative estimate of drug-likeness (QED) is 0.360. The highest BCUT2D eigenvalue weighted by atomic mass is 35.5. The number of alkyl halides is 3. The zero-order valence-corrected chi connectivity index (χ0v) is 11.6. The second kappa shape index (κ2) is 6.48. The zero-order chi connectivity index (χ0) is 17.0. The number of amidine groups is 1. The molecule has 13 heteroatoms. The van der Waals surface area contributed by atoms with Crippen LogP contribution in [0.3, 0.4) is 0 Å². The van der Waals surface area contributed by atoms with Gasteiger partial charge in [0.15, 0.2) is 23.2 Å². The topological polar surface area (TPSA) is 129 Å². The van der Waals surface area contributed by atoms with Gasteiger partial charge in [-0.3, -0.25) is 0 Å². The molecule has 0 saturated heterocycles. The molecule has 0 radical (unpaired) electrons. The smallest absolute Gasteiger partial charge is 0.379 e. The molecule has 0 atom stereocenters. The lowest BCUT2D eigenvalue weighted by molar-refractivity contribution is -0.203. The number of pyridine rings is 1. The molecule has 0 saturated carbocycles. The standard InChI is InChI=1S/C10H6ClF3N6O3/c11-4-2-1-3-5(16-4)17-8(6-7(15)19-23-18-6)20-22-9(21)10(12,13)14/h1-3H,(H2,15,19)(H,16,17,20). The fraction of sp³-hybridized carbons (Fsp3) is 0.100. The number of hydrogen-bond donors (Lipinski definition) is 2. The second-order valence-electron chi connectivity index (χ2n) is 3.77. The van der Waals surface area contributed by atoms with Crippen molar-refractivity contribution in [2.24, 2.45) is 4.99 Å². The van der Waals surface area contributed by atoms with Gasteiger partial charge in [0.1, 0.15) is 5.15 Å². The maximum absolute atomic E-state index is 12.1. The van der Waals surface area contributed by atoms with E-state index in [1.807, 2.05) is 0 Å². The van der Waals surface area contributed by atoms with E-state index >= 15 is 0 Å². The van der Waals surface area contributed by atoms with Crippen LogP contribution in [0.4, 0.5) is 24.8 Å². The first kappa shape index (κ1) is 16.5. The van der Waals surface area contributed by atoms with Crippen molar-refractivity contribution in [3.8, 4) is 0 Å². The lowest BCUT2D eigenvalue weighted by atomic mass is 10.4. The fourth-order valence-electron chi connectivity index (χ4n) is 1.21. The SMILES string of the molecule is Nc1nonc1C(=Nc1cccc(Cl)n1)NOC(=O)C(F)(F)F. The highest BCUT2D eigenvalue weighted by molar-refractivity contribution is 6.29. The Balaban J connectivity index is 2.30. The number of nitrogen functional groups attached to an aromatic ring is 1. The minimum atomic E-state index is -5.21. The Labute approximate surface area is 130 Å². The normalized spacial score (nSPS) is 12.1. The molecule has 0 unspecified atom stereocenters. The summed E-state index contributed by atoms with van der Waals surface area (Å²) >= 11 is 5.67. The maximum atomic E-state index is 12.1. The molecule has 0 bridgehead atoms. The van der Waals surface area contributed by atoms with E-state index in [0.717, 1.165) is 0 Å². The van der Waals surface area contributed by atoms with Crippen molar-refractivity contribution in [3.63, 3.8) is 0 Å². The van der Waals surface area contributed by atoms with E-state index in [1.54, 1.807) is 5.48 Å². The Hall–Kier alpha value is -2.89. The monoisotopic (exact) mass is 350 g/mol. The van der Waals surface area contributed by atoms with Crippen LogP contribution in [-0.2, 0) is 9.63 Å². The molecule has 122 valence electrons.